The molecule has 3 nitrogen and oxygen atoms in total. The van der Waals surface area contributed by atoms with Gasteiger partial charge in [-0.15, -0.1) is 0 Å². The highest BCUT2D eigenvalue weighted by Crippen LogP contribution is 2.21. The Bertz CT molecular complexity index is 261. The fraction of sp³-hybridized carbons (Fsp3) is 0.667. The summed E-state index contributed by atoms with van der Waals surface area (Å²) in [6.45, 7) is 6.28. The molecule has 0 aromatic carbocycles. The Morgan fingerprint density at radius 3 is 2.33 bits per heavy atom. The molecular formula is C9H17N3. The van der Waals surface area contributed by atoms with E-state index in [0.717, 1.165) is 5.69 Å². The van der Waals surface area contributed by atoms with Crippen molar-refractivity contribution in [1.82, 2.24) is 9.55 Å². The normalized spacial score (nSPS) is 13.8. The van der Waals surface area contributed by atoms with Crippen molar-refractivity contribution in [3.63, 3.8) is 0 Å². The molecule has 0 amide bonds. The second-order valence-electron chi connectivity index (χ2n) is 3.57. The molecule has 1 aromatic heterocycles. The van der Waals surface area contributed by atoms with E-state index in [0.29, 0.717) is 5.92 Å². The van der Waals surface area contributed by atoms with Gasteiger partial charge in [0, 0.05) is 18.8 Å². The van der Waals surface area contributed by atoms with E-state index in [1.165, 1.54) is 5.69 Å². The lowest BCUT2D eigenvalue weighted by Crippen LogP contribution is -2.10. The summed E-state index contributed by atoms with van der Waals surface area (Å²) in [5, 5.41) is 0. The summed E-state index contributed by atoms with van der Waals surface area (Å²) >= 11 is 0. The van der Waals surface area contributed by atoms with Gasteiger partial charge >= 0.3 is 0 Å². The Morgan fingerprint density at radius 2 is 2.00 bits per heavy atom. The third-order valence-electron chi connectivity index (χ3n) is 1.99. The summed E-state index contributed by atoms with van der Waals surface area (Å²) in [7, 11) is 2.01. The van der Waals surface area contributed by atoms with Gasteiger partial charge in [-0.2, -0.15) is 0 Å². The minimum Gasteiger partial charge on any atom is -0.337 e. The minimum absolute atomic E-state index is 0.0311. The molecule has 3 heteroatoms. The third-order valence-corrected chi connectivity index (χ3v) is 1.99. The Balaban J connectivity index is 3.12. The van der Waals surface area contributed by atoms with Gasteiger partial charge in [0.2, 0.25) is 0 Å². The van der Waals surface area contributed by atoms with E-state index in [9.17, 15) is 0 Å². The maximum absolute atomic E-state index is 5.79. The van der Waals surface area contributed by atoms with Gasteiger partial charge in [0.25, 0.3) is 0 Å². The molecule has 0 aliphatic carbocycles. The van der Waals surface area contributed by atoms with Crippen LogP contribution < -0.4 is 5.73 Å². The lowest BCUT2D eigenvalue weighted by atomic mass is 10.1. The van der Waals surface area contributed by atoms with Gasteiger partial charge in [-0.1, -0.05) is 13.8 Å². The van der Waals surface area contributed by atoms with Gasteiger partial charge in [-0.25, -0.2) is 4.98 Å². The molecule has 0 aliphatic rings. The summed E-state index contributed by atoms with van der Waals surface area (Å²) in [4.78, 5) is 4.27. The Hall–Kier alpha value is -0.830. The largest absolute Gasteiger partial charge is 0.337 e. The number of imidazole rings is 1. The molecule has 1 unspecified atom stereocenters. The predicted molar refractivity (Wildman–Crippen MR) is 49.9 cm³/mol. The Morgan fingerprint density at radius 1 is 1.42 bits per heavy atom. The molecule has 0 fully saturated rings. The Labute approximate surface area is 73.6 Å². The maximum atomic E-state index is 5.79. The van der Waals surface area contributed by atoms with E-state index in [-0.39, 0.29) is 6.04 Å². The van der Waals surface area contributed by atoms with Gasteiger partial charge in [0.05, 0.1) is 12.0 Å². The number of aromatic nitrogens is 2. The first-order chi connectivity index (χ1) is 5.54. The molecule has 1 rings (SSSR count). The van der Waals surface area contributed by atoms with Crippen molar-refractivity contribution in [2.24, 2.45) is 12.8 Å². The molecule has 1 aromatic rings. The second-order valence-corrected chi connectivity index (χ2v) is 3.57. The number of nitrogens with zero attached hydrogens (tertiary/aromatic N) is 2. The number of hydrogen-bond donors (Lipinski definition) is 1. The molecule has 2 N–H and O–H groups in total. The predicted octanol–water partition coefficient (Wildman–Crippen LogP) is 1.56. The first kappa shape index (κ1) is 9.26. The van der Waals surface area contributed by atoms with Gasteiger partial charge in [-0.3, -0.25) is 0 Å². The highest BCUT2D eigenvalue weighted by molar-refractivity contribution is 5.19. The van der Waals surface area contributed by atoms with Crippen LogP contribution in [0.25, 0.3) is 0 Å². The molecule has 12 heavy (non-hydrogen) atoms. The fourth-order valence-electron chi connectivity index (χ4n) is 1.51. The average molecular weight is 167 g/mol. The van der Waals surface area contributed by atoms with Crippen LogP contribution in [0.1, 0.15) is 44.1 Å². The van der Waals surface area contributed by atoms with Crippen molar-refractivity contribution in [3.05, 3.63) is 17.7 Å². The second kappa shape index (κ2) is 3.27. The molecule has 68 valence electrons. The molecule has 0 bridgehead atoms. The SMILES string of the molecule is CC(C)c1c(C(C)N)ncn1C. The lowest BCUT2D eigenvalue weighted by molar-refractivity contribution is 0.698. The molecule has 0 saturated carbocycles. The molecule has 0 saturated heterocycles. The van der Waals surface area contributed by atoms with E-state index in [1.807, 2.05) is 24.9 Å². The average Bonchev–Trinajstić information content (AvgIpc) is 2.30. The van der Waals surface area contributed by atoms with Crippen LogP contribution in [0.2, 0.25) is 0 Å². The Kier molecular flexibility index (Phi) is 2.52. The van der Waals surface area contributed by atoms with Crippen LogP contribution in [0.3, 0.4) is 0 Å². The minimum atomic E-state index is 0.0311. The van der Waals surface area contributed by atoms with Gasteiger partial charge in [0.1, 0.15) is 0 Å². The number of hydrogen-bond acceptors (Lipinski definition) is 2. The van der Waals surface area contributed by atoms with E-state index in [2.05, 4.69) is 18.8 Å². The van der Waals surface area contributed by atoms with Crippen LogP contribution >= 0.6 is 0 Å². The van der Waals surface area contributed by atoms with Crippen LogP contribution in [0, 0.1) is 0 Å². The molecular weight excluding hydrogens is 150 g/mol. The van der Waals surface area contributed by atoms with Crippen LogP contribution in [0.5, 0.6) is 0 Å². The first-order valence-electron chi connectivity index (χ1n) is 4.30. The van der Waals surface area contributed by atoms with E-state index >= 15 is 0 Å². The summed E-state index contributed by atoms with van der Waals surface area (Å²) in [6.07, 6.45) is 1.83. The zero-order chi connectivity index (χ0) is 9.30. The van der Waals surface area contributed by atoms with E-state index < -0.39 is 0 Å². The van der Waals surface area contributed by atoms with E-state index in [1.54, 1.807) is 0 Å². The van der Waals surface area contributed by atoms with E-state index in [4.69, 9.17) is 5.73 Å². The van der Waals surface area contributed by atoms with Crippen LogP contribution in [-0.2, 0) is 7.05 Å². The topological polar surface area (TPSA) is 43.8 Å². The monoisotopic (exact) mass is 167 g/mol. The zero-order valence-electron chi connectivity index (χ0n) is 8.20. The standard InChI is InChI=1S/C9H17N3/c1-6(2)9-8(7(3)10)11-5-12(9)4/h5-7H,10H2,1-4H3. The summed E-state index contributed by atoms with van der Waals surface area (Å²) in [6, 6.07) is 0.0311. The smallest absolute Gasteiger partial charge is 0.0949 e. The molecule has 0 aliphatic heterocycles. The molecule has 1 heterocycles. The van der Waals surface area contributed by atoms with Crippen molar-refractivity contribution < 1.29 is 0 Å². The maximum Gasteiger partial charge on any atom is 0.0949 e. The van der Waals surface area contributed by atoms with Gasteiger partial charge < -0.3 is 10.3 Å². The van der Waals surface area contributed by atoms with Gasteiger partial charge in [-0.05, 0) is 12.8 Å². The molecule has 1 atom stereocenters. The van der Waals surface area contributed by atoms with Gasteiger partial charge in [0.15, 0.2) is 0 Å². The number of nitrogens with two attached hydrogens (primary N) is 1. The van der Waals surface area contributed by atoms with Crippen molar-refractivity contribution in [3.8, 4) is 0 Å². The summed E-state index contributed by atoms with van der Waals surface area (Å²) in [5.41, 5.74) is 8.05. The number of rotatable bonds is 2. The summed E-state index contributed by atoms with van der Waals surface area (Å²) < 4.78 is 2.04. The van der Waals surface area contributed by atoms with Crippen molar-refractivity contribution in [2.75, 3.05) is 0 Å². The quantitative estimate of drug-likeness (QED) is 0.726. The fourth-order valence-corrected chi connectivity index (χ4v) is 1.51. The highest BCUT2D eigenvalue weighted by atomic mass is 15.0. The van der Waals surface area contributed by atoms with Crippen LogP contribution in [0.15, 0.2) is 6.33 Å². The lowest BCUT2D eigenvalue weighted by Gasteiger charge is -2.11. The van der Waals surface area contributed by atoms with Crippen molar-refractivity contribution >= 4 is 0 Å². The highest BCUT2D eigenvalue weighted by Gasteiger charge is 2.14. The first-order valence-corrected chi connectivity index (χ1v) is 4.30. The molecule has 0 spiro atoms. The zero-order valence-corrected chi connectivity index (χ0v) is 8.20. The van der Waals surface area contributed by atoms with Crippen molar-refractivity contribution in [2.45, 2.75) is 32.7 Å². The third kappa shape index (κ3) is 1.50. The number of aryl methyl sites for hydroxylation is 1. The summed E-state index contributed by atoms with van der Waals surface area (Å²) in [5.74, 6) is 0.485. The molecule has 0 radical (unpaired) electrons. The van der Waals surface area contributed by atoms with Crippen LogP contribution in [0.4, 0.5) is 0 Å². The van der Waals surface area contributed by atoms with Crippen molar-refractivity contribution in [1.29, 1.82) is 0 Å². The van der Waals surface area contributed by atoms with Crippen LogP contribution in [-0.4, -0.2) is 9.55 Å².